The van der Waals surface area contributed by atoms with Gasteiger partial charge in [0, 0.05) is 68.1 Å². The molecule has 0 bridgehead atoms. The van der Waals surface area contributed by atoms with Gasteiger partial charge in [-0.15, -0.1) is 0 Å². The van der Waals surface area contributed by atoms with Gasteiger partial charge in [0.2, 0.25) is 5.91 Å². The molecule has 0 atom stereocenters. The Kier molecular flexibility index (Phi) is 10.5. The summed E-state index contributed by atoms with van der Waals surface area (Å²) in [6.45, 7) is 5.49. The Morgan fingerprint density at radius 3 is 2.34 bits per heavy atom. The highest BCUT2D eigenvalue weighted by molar-refractivity contribution is 14.1. The summed E-state index contributed by atoms with van der Waals surface area (Å²) in [5, 5.41) is 0. The van der Waals surface area contributed by atoms with Crippen molar-refractivity contribution in [2.24, 2.45) is 0 Å². The summed E-state index contributed by atoms with van der Waals surface area (Å²) in [7, 11) is 0. The van der Waals surface area contributed by atoms with Gasteiger partial charge in [-0.3, -0.25) is 14.6 Å². The molecular weight excluding hydrogens is 642 g/mol. The monoisotopic (exact) mass is 687 g/mol. The number of aryl methyl sites for hydroxylation is 1. The number of rotatable bonds is 9. The molecule has 1 aliphatic heterocycles. The summed E-state index contributed by atoms with van der Waals surface area (Å²) < 4.78 is 41.5. The number of nitrogens with zero attached hydrogens (tertiary/aromatic N) is 5. The van der Waals surface area contributed by atoms with E-state index in [1.165, 1.54) is 37.0 Å². The summed E-state index contributed by atoms with van der Waals surface area (Å²) in [6, 6.07) is 6.79. The molecule has 1 saturated heterocycles. The van der Waals surface area contributed by atoms with Crippen LogP contribution in [0.1, 0.15) is 88.4 Å². The molecule has 0 spiro atoms. The Morgan fingerprint density at radius 2 is 1.68 bits per heavy atom. The van der Waals surface area contributed by atoms with Gasteiger partial charge in [0.05, 0.1) is 17.6 Å². The molecule has 0 N–H and O–H groups in total. The van der Waals surface area contributed by atoms with Gasteiger partial charge in [-0.1, -0.05) is 47.9 Å². The Balaban J connectivity index is 1.32. The molecule has 3 aliphatic rings. The number of carbonyl (C=O) groups is 1. The Labute approximate surface area is 256 Å². The van der Waals surface area contributed by atoms with Crippen LogP contribution >= 0.6 is 22.6 Å². The third-order valence-corrected chi connectivity index (χ3v) is 10.6. The summed E-state index contributed by atoms with van der Waals surface area (Å²) in [6.07, 6.45) is 6.92. The molecule has 2 aliphatic carbocycles. The lowest BCUT2D eigenvalue weighted by Gasteiger charge is -2.35. The van der Waals surface area contributed by atoms with E-state index in [2.05, 4.69) is 62.1 Å². The predicted octanol–water partition coefficient (Wildman–Crippen LogP) is 6.75. The fraction of sp³-hybridized carbons (Fsp3) is 0.742. The molecule has 2 heterocycles. The highest BCUT2D eigenvalue weighted by Gasteiger charge is 2.32. The first-order valence-electron chi connectivity index (χ1n) is 15.6. The maximum absolute atomic E-state index is 13.5. The summed E-state index contributed by atoms with van der Waals surface area (Å²) in [4.78, 5) is 24.5. The quantitative estimate of drug-likeness (QED) is 0.216. The van der Waals surface area contributed by atoms with Gasteiger partial charge in [-0.25, -0.2) is 4.98 Å². The van der Waals surface area contributed by atoms with Crippen LogP contribution in [0.5, 0.6) is 0 Å². The Morgan fingerprint density at radius 1 is 1.00 bits per heavy atom. The molecule has 6 nitrogen and oxygen atoms in total. The number of imidazole rings is 1. The van der Waals surface area contributed by atoms with Crippen molar-refractivity contribution < 1.29 is 18.0 Å². The molecule has 0 radical (unpaired) electrons. The first-order chi connectivity index (χ1) is 19.7. The molecule has 41 heavy (non-hydrogen) atoms. The lowest BCUT2D eigenvalue weighted by Crippen LogP contribution is -2.48. The number of hydrogen-bond donors (Lipinski definition) is 0. The van der Waals surface area contributed by atoms with Gasteiger partial charge >= 0.3 is 6.18 Å². The second-order valence-corrected chi connectivity index (χ2v) is 14.0. The van der Waals surface area contributed by atoms with E-state index in [0.717, 1.165) is 58.6 Å². The highest BCUT2D eigenvalue weighted by Crippen LogP contribution is 2.37. The number of hydrogen-bond acceptors (Lipinski definition) is 4. The standard InChI is InChI=1S/C31H45F3IN5O/c1-2-39(26-6-4-3-5-7-26)29(41)14-15-40-28-20-23(21-37-16-18-38(19-17-37)22-31(32,33)34)8-13-27(28)36-30(40)24-9-11-25(35)12-10-24/h8,13,20,24-26H,2-7,9-12,14-19,21-22H2,1H3/t24-,25-. The average molecular weight is 688 g/mol. The molecule has 2 saturated carbocycles. The van der Waals surface area contributed by atoms with Gasteiger partial charge in [-0.2, -0.15) is 13.2 Å². The smallest absolute Gasteiger partial charge is 0.340 e. The van der Waals surface area contributed by atoms with Crippen LogP contribution in [0.2, 0.25) is 0 Å². The van der Waals surface area contributed by atoms with Crippen LogP contribution in [0.3, 0.4) is 0 Å². The Bertz CT molecular complexity index is 1150. The van der Waals surface area contributed by atoms with Crippen LogP contribution in [-0.2, 0) is 17.9 Å². The zero-order chi connectivity index (χ0) is 29.0. The van der Waals surface area contributed by atoms with Crippen LogP contribution in [0, 0.1) is 0 Å². The molecule has 228 valence electrons. The van der Waals surface area contributed by atoms with Gasteiger partial charge in [0.15, 0.2) is 0 Å². The minimum atomic E-state index is -4.15. The number of alkyl halides is 4. The van der Waals surface area contributed by atoms with Gasteiger partial charge in [-0.05, 0) is 63.1 Å². The van der Waals surface area contributed by atoms with E-state index in [0.29, 0.717) is 57.6 Å². The summed E-state index contributed by atoms with van der Waals surface area (Å²) in [5.41, 5.74) is 3.20. The van der Waals surface area contributed by atoms with E-state index in [4.69, 9.17) is 4.98 Å². The van der Waals surface area contributed by atoms with Crippen LogP contribution in [0.4, 0.5) is 13.2 Å². The fourth-order valence-electron chi connectivity index (χ4n) is 7.14. The van der Waals surface area contributed by atoms with Gasteiger partial charge in [0.1, 0.15) is 5.82 Å². The molecule has 5 rings (SSSR count). The number of halogens is 4. The van der Waals surface area contributed by atoms with Crippen molar-refractivity contribution in [3.63, 3.8) is 0 Å². The molecule has 1 aromatic carbocycles. The van der Waals surface area contributed by atoms with Crippen molar-refractivity contribution >= 4 is 39.5 Å². The van der Waals surface area contributed by atoms with Crippen LogP contribution in [0.25, 0.3) is 11.0 Å². The number of aromatic nitrogens is 2. The van der Waals surface area contributed by atoms with Crippen LogP contribution in [0.15, 0.2) is 18.2 Å². The molecule has 1 amide bonds. The third kappa shape index (κ3) is 8.16. The number of amides is 1. The number of fused-ring (bicyclic) bond motifs is 1. The van der Waals surface area contributed by atoms with Crippen molar-refractivity contribution in [2.75, 3.05) is 39.3 Å². The van der Waals surface area contributed by atoms with Crippen LogP contribution in [-0.4, -0.2) is 85.6 Å². The van der Waals surface area contributed by atoms with Crippen molar-refractivity contribution in [3.05, 3.63) is 29.6 Å². The zero-order valence-electron chi connectivity index (χ0n) is 24.3. The first-order valence-corrected chi connectivity index (χ1v) is 16.9. The molecule has 1 aromatic heterocycles. The largest absolute Gasteiger partial charge is 0.401 e. The SMILES string of the molecule is CCN(C(=O)CCn1c2cc(CN3CCN(CC(F)(F)F)CC3)ccc2nc1[C@H]1CC[C@H](I)CC1)C1CCCCC1. The van der Waals surface area contributed by atoms with E-state index in [9.17, 15) is 18.0 Å². The maximum Gasteiger partial charge on any atom is 0.401 e. The third-order valence-electron chi connectivity index (χ3n) is 9.36. The minimum Gasteiger partial charge on any atom is -0.340 e. The highest BCUT2D eigenvalue weighted by atomic mass is 127. The van der Waals surface area contributed by atoms with E-state index in [1.807, 2.05) is 0 Å². The van der Waals surface area contributed by atoms with Crippen molar-refractivity contribution in [1.82, 2.24) is 24.3 Å². The minimum absolute atomic E-state index is 0.246. The van der Waals surface area contributed by atoms with E-state index >= 15 is 0 Å². The van der Waals surface area contributed by atoms with Gasteiger partial charge < -0.3 is 9.47 Å². The topological polar surface area (TPSA) is 44.6 Å². The second kappa shape index (κ2) is 13.9. The van der Waals surface area contributed by atoms with E-state index in [1.54, 1.807) is 0 Å². The molecular formula is C31H45F3IN5O. The summed E-state index contributed by atoms with van der Waals surface area (Å²) in [5.74, 6) is 1.78. The van der Waals surface area contributed by atoms with Crippen molar-refractivity contribution in [1.29, 1.82) is 0 Å². The van der Waals surface area contributed by atoms with Crippen LogP contribution < -0.4 is 0 Å². The molecule has 3 fully saturated rings. The zero-order valence-corrected chi connectivity index (χ0v) is 26.5. The lowest BCUT2D eigenvalue weighted by molar-refractivity contribution is -0.149. The van der Waals surface area contributed by atoms with E-state index < -0.39 is 12.7 Å². The predicted molar refractivity (Wildman–Crippen MR) is 165 cm³/mol. The summed E-state index contributed by atoms with van der Waals surface area (Å²) >= 11 is 2.56. The first kappa shape index (κ1) is 31.0. The lowest BCUT2D eigenvalue weighted by atomic mass is 9.88. The van der Waals surface area contributed by atoms with Gasteiger partial charge in [0.25, 0.3) is 0 Å². The normalized spacial score (nSPS) is 23.7. The molecule has 2 aromatic rings. The molecule has 0 unspecified atom stereocenters. The fourth-order valence-corrected chi connectivity index (χ4v) is 7.86. The van der Waals surface area contributed by atoms with Crippen molar-refractivity contribution in [2.45, 2.75) is 106 Å². The average Bonchev–Trinajstić information content (AvgIpc) is 3.31. The number of benzene rings is 1. The maximum atomic E-state index is 13.5. The Hall–Kier alpha value is -1.40. The van der Waals surface area contributed by atoms with E-state index in [-0.39, 0.29) is 5.91 Å². The number of piperazine rings is 1. The van der Waals surface area contributed by atoms with Crippen molar-refractivity contribution in [3.8, 4) is 0 Å². The molecule has 10 heteroatoms. The number of carbonyl (C=O) groups excluding carboxylic acids is 1. The second-order valence-electron chi connectivity index (χ2n) is 12.3.